The van der Waals surface area contributed by atoms with Crippen LogP contribution in [-0.2, 0) is 6.54 Å². The zero-order chi connectivity index (χ0) is 16.7. The summed E-state index contributed by atoms with van der Waals surface area (Å²) in [5, 5.41) is 2.57. The van der Waals surface area contributed by atoms with Crippen LogP contribution >= 0.6 is 11.8 Å². The normalized spacial score (nSPS) is 15.3. The van der Waals surface area contributed by atoms with Crippen LogP contribution in [0, 0.1) is 6.92 Å². The van der Waals surface area contributed by atoms with Crippen molar-refractivity contribution < 1.29 is 4.57 Å². The van der Waals surface area contributed by atoms with Gasteiger partial charge in [0.15, 0.2) is 0 Å². The minimum atomic E-state index is 0.959. The van der Waals surface area contributed by atoms with Crippen molar-refractivity contribution in [3.63, 3.8) is 0 Å². The highest BCUT2D eigenvalue weighted by atomic mass is 32.2. The van der Waals surface area contributed by atoms with Gasteiger partial charge in [0.2, 0.25) is 11.2 Å². The highest BCUT2D eigenvalue weighted by Crippen LogP contribution is 2.45. The summed E-state index contributed by atoms with van der Waals surface area (Å²) in [7, 11) is 2.14. The molecule has 0 atom stereocenters. The van der Waals surface area contributed by atoms with Crippen LogP contribution in [0.4, 0.5) is 5.69 Å². The molecule has 3 heteroatoms. The molecule has 4 rings (SSSR count). The van der Waals surface area contributed by atoms with E-state index in [9.17, 15) is 0 Å². The SMILES string of the molecule is CC[n+]1c(C=C2Sc3ccccc3N2C)ccc2cc(C)ccc21. The molecule has 3 aromatic rings. The van der Waals surface area contributed by atoms with E-state index in [4.69, 9.17) is 0 Å². The Balaban J connectivity index is 1.82. The van der Waals surface area contributed by atoms with Crippen LogP contribution in [0.15, 0.2) is 64.5 Å². The Morgan fingerprint density at radius 3 is 2.71 bits per heavy atom. The lowest BCUT2D eigenvalue weighted by atomic mass is 10.1. The first-order chi connectivity index (χ1) is 11.7. The molecule has 0 spiro atoms. The molecule has 0 saturated heterocycles. The van der Waals surface area contributed by atoms with Crippen molar-refractivity contribution in [3.8, 4) is 0 Å². The number of aromatic nitrogens is 1. The van der Waals surface area contributed by atoms with Gasteiger partial charge in [-0.2, -0.15) is 4.57 Å². The number of pyridine rings is 1. The second kappa shape index (κ2) is 5.99. The van der Waals surface area contributed by atoms with E-state index in [2.05, 4.69) is 91.0 Å². The third-order valence-corrected chi connectivity index (χ3v) is 5.74. The molecule has 120 valence electrons. The van der Waals surface area contributed by atoms with Gasteiger partial charge in [-0.1, -0.05) is 35.5 Å². The van der Waals surface area contributed by atoms with Crippen LogP contribution in [0.2, 0.25) is 0 Å². The third-order valence-electron chi connectivity index (χ3n) is 4.58. The molecule has 2 heterocycles. The number of thioether (sulfide) groups is 1. The fraction of sp³-hybridized carbons (Fsp3) is 0.190. The average molecular weight is 333 g/mol. The summed E-state index contributed by atoms with van der Waals surface area (Å²) in [6.07, 6.45) is 2.30. The van der Waals surface area contributed by atoms with E-state index in [0.29, 0.717) is 0 Å². The highest BCUT2D eigenvalue weighted by molar-refractivity contribution is 8.03. The Hall–Kier alpha value is -2.26. The van der Waals surface area contributed by atoms with Crippen LogP contribution in [-0.4, -0.2) is 7.05 Å². The number of aryl methyl sites for hydroxylation is 2. The minimum Gasteiger partial charge on any atom is -0.338 e. The number of hydrogen-bond acceptors (Lipinski definition) is 2. The van der Waals surface area contributed by atoms with E-state index in [1.807, 2.05) is 11.8 Å². The first kappa shape index (κ1) is 15.3. The van der Waals surface area contributed by atoms with Gasteiger partial charge in [-0.15, -0.1) is 0 Å². The molecular weight excluding hydrogens is 312 g/mol. The molecule has 2 nitrogen and oxygen atoms in total. The number of nitrogens with zero attached hydrogens (tertiary/aromatic N) is 2. The Kier molecular flexibility index (Phi) is 3.81. The smallest absolute Gasteiger partial charge is 0.212 e. The molecule has 0 unspecified atom stereocenters. The maximum atomic E-state index is 2.39. The molecule has 0 amide bonds. The summed E-state index contributed by atoms with van der Waals surface area (Å²) in [5.41, 5.74) is 5.13. The first-order valence-corrected chi connectivity index (χ1v) is 9.14. The van der Waals surface area contributed by atoms with Crippen LogP contribution in [0.1, 0.15) is 18.2 Å². The average Bonchev–Trinajstić information content (AvgIpc) is 2.91. The lowest BCUT2D eigenvalue weighted by molar-refractivity contribution is -0.669. The van der Waals surface area contributed by atoms with Gasteiger partial charge in [0.1, 0.15) is 6.54 Å². The lowest BCUT2D eigenvalue weighted by Crippen LogP contribution is -2.36. The van der Waals surface area contributed by atoms with Gasteiger partial charge in [0.25, 0.3) is 0 Å². The van der Waals surface area contributed by atoms with Crippen molar-refractivity contribution in [2.75, 3.05) is 11.9 Å². The topological polar surface area (TPSA) is 7.12 Å². The van der Waals surface area contributed by atoms with Crippen molar-refractivity contribution >= 4 is 34.4 Å². The quantitative estimate of drug-likeness (QED) is 0.610. The summed E-state index contributed by atoms with van der Waals surface area (Å²) in [4.78, 5) is 3.60. The Morgan fingerprint density at radius 1 is 1.08 bits per heavy atom. The number of rotatable bonds is 2. The van der Waals surface area contributed by atoms with Crippen molar-refractivity contribution in [2.24, 2.45) is 0 Å². The van der Waals surface area contributed by atoms with Crippen LogP contribution < -0.4 is 9.47 Å². The van der Waals surface area contributed by atoms with Crippen molar-refractivity contribution in [3.05, 3.63) is 70.9 Å². The number of hydrogen-bond donors (Lipinski definition) is 0. The van der Waals surface area contributed by atoms with Crippen molar-refractivity contribution in [1.29, 1.82) is 0 Å². The molecule has 1 aliphatic rings. The van der Waals surface area contributed by atoms with E-state index >= 15 is 0 Å². The van der Waals surface area contributed by atoms with Gasteiger partial charge in [0.05, 0.1) is 10.7 Å². The molecule has 0 bridgehead atoms. The number of benzene rings is 2. The first-order valence-electron chi connectivity index (χ1n) is 8.33. The predicted octanol–water partition coefficient (Wildman–Crippen LogP) is 5.00. The van der Waals surface area contributed by atoms with Gasteiger partial charge in [-0.3, -0.25) is 0 Å². The maximum absolute atomic E-state index is 2.39. The maximum Gasteiger partial charge on any atom is 0.212 e. The molecule has 1 aliphatic heterocycles. The number of para-hydroxylation sites is 1. The van der Waals surface area contributed by atoms with Gasteiger partial charge in [-0.25, -0.2) is 0 Å². The molecule has 1 aromatic heterocycles. The van der Waals surface area contributed by atoms with E-state index in [0.717, 1.165) is 6.54 Å². The van der Waals surface area contributed by atoms with E-state index in [-0.39, 0.29) is 0 Å². The monoisotopic (exact) mass is 333 g/mol. The molecular formula is C21H21N2S+. The molecule has 0 fully saturated rings. The van der Waals surface area contributed by atoms with Gasteiger partial charge >= 0.3 is 0 Å². The van der Waals surface area contributed by atoms with E-state index < -0.39 is 0 Å². The lowest BCUT2D eigenvalue weighted by Gasteiger charge is -2.13. The Bertz CT molecular complexity index is 959. The Labute approximate surface area is 147 Å². The fourth-order valence-corrected chi connectivity index (χ4v) is 4.41. The summed E-state index contributed by atoms with van der Waals surface area (Å²) in [6.45, 7) is 5.31. The van der Waals surface area contributed by atoms with E-state index in [1.165, 1.54) is 37.8 Å². The Morgan fingerprint density at radius 2 is 1.92 bits per heavy atom. The largest absolute Gasteiger partial charge is 0.338 e. The van der Waals surface area contributed by atoms with Gasteiger partial charge < -0.3 is 4.90 Å². The number of fused-ring (bicyclic) bond motifs is 2. The summed E-state index contributed by atoms with van der Waals surface area (Å²) in [5.74, 6) is 0. The molecule has 0 saturated carbocycles. The summed E-state index contributed by atoms with van der Waals surface area (Å²) < 4.78 is 2.39. The fourth-order valence-electron chi connectivity index (χ4n) is 3.31. The standard InChI is InChI=1S/C21H21N2S/c1-4-23-17(11-10-16-13-15(2)9-12-18(16)23)14-21-22(3)19-7-5-6-8-20(19)24-21/h5-14H,4H2,1-3H3/q+1. The zero-order valence-corrected chi connectivity index (χ0v) is 15.1. The van der Waals surface area contributed by atoms with Crippen molar-refractivity contribution in [2.45, 2.75) is 25.3 Å². The molecule has 24 heavy (non-hydrogen) atoms. The molecule has 2 aromatic carbocycles. The van der Waals surface area contributed by atoms with Gasteiger partial charge in [0, 0.05) is 35.5 Å². The molecule has 0 radical (unpaired) electrons. The second-order valence-electron chi connectivity index (χ2n) is 6.18. The van der Waals surface area contributed by atoms with Crippen LogP contribution in [0.25, 0.3) is 17.0 Å². The number of anilines is 1. The van der Waals surface area contributed by atoms with Crippen molar-refractivity contribution in [1.82, 2.24) is 0 Å². The summed E-state index contributed by atoms with van der Waals surface area (Å²) in [6, 6.07) is 19.7. The zero-order valence-electron chi connectivity index (χ0n) is 14.3. The van der Waals surface area contributed by atoms with E-state index in [1.54, 1.807) is 0 Å². The second-order valence-corrected chi connectivity index (χ2v) is 7.24. The molecule has 0 N–H and O–H groups in total. The van der Waals surface area contributed by atoms with Crippen LogP contribution in [0.5, 0.6) is 0 Å². The highest BCUT2D eigenvalue weighted by Gasteiger charge is 2.23. The van der Waals surface area contributed by atoms with Crippen LogP contribution in [0.3, 0.4) is 0 Å². The molecule has 0 aliphatic carbocycles. The minimum absolute atomic E-state index is 0.959. The third kappa shape index (κ3) is 2.49. The summed E-state index contributed by atoms with van der Waals surface area (Å²) >= 11 is 1.84. The van der Waals surface area contributed by atoms with Gasteiger partial charge in [-0.05, 0) is 38.1 Å². The predicted molar refractivity (Wildman–Crippen MR) is 103 cm³/mol.